The molecule has 34 heavy (non-hydrogen) atoms. The molecule has 1 aromatic heterocycles. The van der Waals surface area contributed by atoms with E-state index in [1.165, 1.54) is 5.56 Å². The second-order valence-electron chi connectivity index (χ2n) is 8.28. The summed E-state index contributed by atoms with van der Waals surface area (Å²) >= 11 is 0. The molecule has 1 heterocycles. The molecule has 0 saturated heterocycles. The van der Waals surface area contributed by atoms with Crippen molar-refractivity contribution in [3.8, 4) is 22.6 Å². The fraction of sp³-hybridized carbons (Fsp3) is 0.207. The number of methoxy groups -OCH3 is 2. The van der Waals surface area contributed by atoms with E-state index in [1.807, 2.05) is 43.3 Å². The molecular formula is C29H29NO4. The zero-order valence-corrected chi connectivity index (χ0v) is 20.0. The van der Waals surface area contributed by atoms with Crippen LogP contribution in [0.3, 0.4) is 0 Å². The molecule has 5 heteroatoms. The van der Waals surface area contributed by atoms with E-state index in [9.17, 15) is 4.79 Å². The second-order valence-corrected chi connectivity index (χ2v) is 8.28. The Kier molecular flexibility index (Phi) is 7.02. The van der Waals surface area contributed by atoms with Crippen LogP contribution >= 0.6 is 0 Å². The SMILES string of the molecule is COc1cccc(CCNC(=O)/C=C(\C)c2cc3c(-c4ccc(C)cc4)coc3cc2OC)c1. The van der Waals surface area contributed by atoms with Gasteiger partial charge in [0.1, 0.15) is 17.1 Å². The van der Waals surface area contributed by atoms with E-state index in [0.717, 1.165) is 51.0 Å². The van der Waals surface area contributed by atoms with Crippen LogP contribution in [0.1, 0.15) is 23.6 Å². The maximum absolute atomic E-state index is 12.6. The van der Waals surface area contributed by atoms with Gasteiger partial charge in [-0.2, -0.15) is 0 Å². The Hall–Kier alpha value is -3.99. The molecule has 0 radical (unpaired) electrons. The number of amides is 1. The number of ether oxygens (including phenoxy) is 2. The van der Waals surface area contributed by atoms with Gasteiger partial charge in [0.25, 0.3) is 0 Å². The van der Waals surface area contributed by atoms with Crippen LogP contribution in [0.15, 0.2) is 77.4 Å². The van der Waals surface area contributed by atoms with E-state index in [1.54, 1.807) is 26.6 Å². The molecule has 4 rings (SSSR count). The monoisotopic (exact) mass is 455 g/mol. The fourth-order valence-corrected chi connectivity index (χ4v) is 3.97. The van der Waals surface area contributed by atoms with Crippen molar-refractivity contribution in [3.63, 3.8) is 0 Å². The van der Waals surface area contributed by atoms with E-state index in [0.29, 0.717) is 12.3 Å². The minimum atomic E-state index is -0.145. The molecule has 5 nitrogen and oxygen atoms in total. The lowest BCUT2D eigenvalue weighted by molar-refractivity contribution is -0.116. The van der Waals surface area contributed by atoms with Crippen molar-refractivity contribution in [2.75, 3.05) is 20.8 Å². The highest BCUT2D eigenvalue weighted by molar-refractivity contribution is 6.00. The topological polar surface area (TPSA) is 60.7 Å². The number of carbonyl (C=O) groups is 1. The van der Waals surface area contributed by atoms with Crippen LogP contribution in [0.5, 0.6) is 11.5 Å². The van der Waals surface area contributed by atoms with Crippen molar-refractivity contribution < 1.29 is 18.7 Å². The molecule has 3 aromatic carbocycles. The van der Waals surface area contributed by atoms with Crippen LogP contribution in [0.25, 0.3) is 27.7 Å². The average molecular weight is 456 g/mol. The number of furan rings is 1. The zero-order valence-electron chi connectivity index (χ0n) is 20.0. The summed E-state index contributed by atoms with van der Waals surface area (Å²) in [4.78, 5) is 12.6. The van der Waals surface area contributed by atoms with Crippen LogP contribution in [0, 0.1) is 6.92 Å². The summed E-state index contributed by atoms with van der Waals surface area (Å²) in [5.41, 5.74) is 6.81. The van der Waals surface area contributed by atoms with Gasteiger partial charge < -0.3 is 19.2 Å². The van der Waals surface area contributed by atoms with Crippen molar-refractivity contribution in [2.24, 2.45) is 0 Å². The van der Waals surface area contributed by atoms with Gasteiger partial charge in [-0.3, -0.25) is 4.79 Å². The predicted octanol–water partition coefficient (Wildman–Crippen LogP) is 6.19. The van der Waals surface area contributed by atoms with Gasteiger partial charge in [-0.1, -0.05) is 42.0 Å². The largest absolute Gasteiger partial charge is 0.497 e. The first-order valence-electron chi connectivity index (χ1n) is 11.2. The molecule has 0 fully saturated rings. The number of hydrogen-bond acceptors (Lipinski definition) is 4. The van der Waals surface area contributed by atoms with E-state index in [4.69, 9.17) is 13.9 Å². The number of aryl methyl sites for hydroxylation is 1. The Morgan fingerprint density at radius 3 is 2.56 bits per heavy atom. The van der Waals surface area contributed by atoms with Crippen molar-refractivity contribution in [2.45, 2.75) is 20.3 Å². The van der Waals surface area contributed by atoms with Gasteiger partial charge in [-0.25, -0.2) is 0 Å². The highest BCUT2D eigenvalue weighted by Crippen LogP contribution is 2.37. The van der Waals surface area contributed by atoms with E-state index in [-0.39, 0.29) is 5.91 Å². The maximum atomic E-state index is 12.6. The van der Waals surface area contributed by atoms with Crippen LogP contribution in [0.4, 0.5) is 0 Å². The van der Waals surface area contributed by atoms with Crippen LogP contribution in [-0.4, -0.2) is 26.7 Å². The summed E-state index contributed by atoms with van der Waals surface area (Å²) in [6.07, 6.45) is 4.10. The van der Waals surface area contributed by atoms with Gasteiger partial charge >= 0.3 is 0 Å². The Morgan fingerprint density at radius 1 is 1.03 bits per heavy atom. The highest BCUT2D eigenvalue weighted by Gasteiger charge is 2.15. The molecule has 0 aliphatic carbocycles. The molecule has 174 valence electrons. The average Bonchev–Trinajstić information content (AvgIpc) is 3.26. The number of fused-ring (bicyclic) bond motifs is 1. The van der Waals surface area contributed by atoms with Gasteiger partial charge in [0.15, 0.2) is 0 Å². The normalized spacial score (nSPS) is 11.5. The van der Waals surface area contributed by atoms with Crippen molar-refractivity contribution in [1.82, 2.24) is 5.32 Å². The smallest absolute Gasteiger partial charge is 0.244 e. The van der Waals surface area contributed by atoms with E-state index >= 15 is 0 Å². The highest BCUT2D eigenvalue weighted by atomic mass is 16.5. The predicted molar refractivity (Wildman–Crippen MR) is 136 cm³/mol. The van der Waals surface area contributed by atoms with Gasteiger partial charge in [-0.15, -0.1) is 0 Å². The minimum absolute atomic E-state index is 0.145. The molecule has 1 N–H and O–H groups in total. The molecular weight excluding hydrogens is 426 g/mol. The summed E-state index contributed by atoms with van der Waals surface area (Å²) < 4.78 is 16.7. The van der Waals surface area contributed by atoms with Crippen molar-refractivity contribution in [3.05, 3.63) is 89.7 Å². The first-order chi connectivity index (χ1) is 16.5. The summed E-state index contributed by atoms with van der Waals surface area (Å²) in [5, 5.41) is 3.94. The first kappa shape index (κ1) is 23.2. The number of allylic oxidation sites excluding steroid dienone is 1. The third kappa shape index (κ3) is 5.15. The van der Waals surface area contributed by atoms with E-state index < -0.39 is 0 Å². The van der Waals surface area contributed by atoms with E-state index in [2.05, 4.69) is 36.5 Å². The summed E-state index contributed by atoms with van der Waals surface area (Å²) in [5.74, 6) is 1.33. The third-order valence-corrected chi connectivity index (χ3v) is 5.88. The molecule has 0 unspecified atom stereocenters. The first-order valence-corrected chi connectivity index (χ1v) is 11.2. The Balaban J connectivity index is 1.54. The lowest BCUT2D eigenvalue weighted by Gasteiger charge is -2.10. The standard InChI is InChI=1S/C29H29NO4/c1-19-8-10-22(11-9-19)26-18-34-28-17-27(33-4)24(16-25(26)28)20(2)14-29(31)30-13-12-21-6-5-7-23(15-21)32-3/h5-11,14-18H,12-13H2,1-4H3,(H,30,31)/b20-14+. The van der Waals surface area contributed by atoms with Crippen LogP contribution < -0.4 is 14.8 Å². The molecule has 1 amide bonds. The summed E-state index contributed by atoms with van der Waals surface area (Å²) in [7, 11) is 3.27. The quantitative estimate of drug-likeness (QED) is 0.322. The Labute approximate surface area is 200 Å². The Bertz CT molecular complexity index is 1330. The third-order valence-electron chi connectivity index (χ3n) is 5.88. The number of rotatable bonds is 8. The summed E-state index contributed by atoms with van der Waals surface area (Å²) in [6, 6.07) is 20.1. The fourth-order valence-electron chi connectivity index (χ4n) is 3.97. The molecule has 0 aliphatic heterocycles. The molecule has 0 spiro atoms. The van der Waals surface area contributed by atoms with Crippen LogP contribution in [0.2, 0.25) is 0 Å². The molecule has 0 aliphatic rings. The van der Waals surface area contributed by atoms with Gasteiger partial charge in [0, 0.05) is 35.2 Å². The zero-order chi connectivity index (χ0) is 24.1. The number of hydrogen-bond donors (Lipinski definition) is 1. The molecule has 0 saturated carbocycles. The molecule has 0 bridgehead atoms. The molecule has 4 aromatic rings. The lowest BCUT2D eigenvalue weighted by Crippen LogP contribution is -2.23. The molecule has 0 atom stereocenters. The number of nitrogens with one attached hydrogen (secondary N) is 1. The Morgan fingerprint density at radius 2 is 1.82 bits per heavy atom. The van der Waals surface area contributed by atoms with Gasteiger partial charge in [0.2, 0.25) is 5.91 Å². The van der Waals surface area contributed by atoms with Gasteiger partial charge in [0.05, 0.1) is 20.5 Å². The second kappa shape index (κ2) is 10.3. The van der Waals surface area contributed by atoms with Gasteiger partial charge in [-0.05, 0) is 55.2 Å². The maximum Gasteiger partial charge on any atom is 0.244 e. The van der Waals surface area contributed by atoms with Crippen molar-refractivity contribution in [1.29, 1.82) is 0 Å². The van der Waals surface area contributed by atoms with Crippen LogP contribution in [-0.2, 0) is 11.2 Å². The number of carbonyl (C=O) groups excluding carboxylic acids is 1. The number of benzene rings is 3. The summed E-state index contributed by atoms with van der Waals surface area (Å²) in [6.45, 7) is 4.51. The lowest BCUT2D eigenvalue weighted by atomic mass is 9.99. The van der Waals surface area contributed by atoms with Crippen molar-refractivity contribution >= 4 is 22.4 Å². The minimum Gasteiger partial charge on any atom is -0.497 e.